The molecule has 0 spiro atoms. The number of hydrogen-bond acceptors (Lipinski definition) is 2. The normalized spacial score (nSPS) is 28.5. The summed E-state index contributed by atoms with van der Waals surface area (Å²) in [6.07, 6.45) is 0.607. The van der Waals surface area contributed by atoms with Crippen LogP contribution < -0.4 is 0 Å². The Morgan fingerprint density at radius 3 is 2.27 bits per heavy atom. The van der Waals surface area contributed by atoms with Gasteiger partial charge in [0, 0.05) is 0 Å². The summed E-state index contributed by atoms with van der Waals surface area (Å²) in [5.41, 5.74) is 1.15. The van der Waals surface area contributed by atoms with Crippen molar-refractivity contribution in [3.8, 4) is 5.75 Å². The highest BCUT2D eigenvalue weighted by Crippen LogP contribution is 2.38. The minimum absolute atomic E-state index is 0.260. The van der Waals surface area contributed by atoms with E-state index in [-0.39, 0.29) is 6.10 Å². The average Bonchev–Trinajstić information content (AvgIpc) is 2.69. The van der Waals surface area contributed by atoms with Gasteiger partial charge in [-0.25, -0.2) is 0 Å². The molecule has 2 heteroatoms. The predicted molar refractivity (Wildman–Crippen MR) is 41.4 cm³/mol. The summed E-state index contributed by atoms with van der Waals surface area (Å²) in [6.45, 7) is 2.04. The van der Waals surface area contributed by atoms with Crippen molar-refractivity contribution in [3.05, 3.63) is 29.8 Å². The standard InChI is InChI=1S/C9H10O2/c1-6-9(11-6)7-2-4-8(10)5-3-7/h2-6,9-10H,1H3. The van der Waals surface area contributed by atoms with Crippen LogP contribution in [0.3, 0.4) is 0 Å². The van der Waals surface area contributed by atoms with E-state index in [0.29, 0.717) is 11.9 Å². The number of epoxide rings is 1. The molecule has 0 radical (unpaired) electrons. The molecule has 1 aromatic carbocycles. The van der Waals surface area contributed by atoms with Crippen LogP contribution in [-0.2, 0) is 4.74 Å². The maximum absolute atomic E-state index is 8.98. The molecular formula is C9H10O2. The number of rotatable bonds is 1. The third-order valence-electron chi connectivity index (χ3n) is 1.93. The third kappa shape index (κ3) is 1.21. The predicted octanol–water partition coefficient (Wildman–Crippen LogP) is 1.85. The highest BCUT2D eigenvalue weighted by Gasteiger charge is 2.35. The number of ether oxygens (including phenoxy) is 1. The van der Waals surface area contributed by atoms with Crippen LogP contribution >= 0.6 is 0 Å². The molecule has 11 heavy (non-hydrogen) atoms. The first-order chi connectivity index (χ1) is 5.27. The Balaban J connectivity index is 2.21. The molecule has 0 aromatic heterocycles. The molecular weight excluding hydrogens is 140 g/mol. The van der Waals surface area contributed by atoms with Gasteiger partial charge in [-0.3, -0.25) is 0 Å². The van der Waals surface area contributed by atoms with Crippen LogP contribution in [-0.4, -0.2) is 11.2 Å². The van der Waals surface area contributed by atoms with Gasteiger partial charge in [0.15, 0.2) is 0 Å². The molecule has 0 aliphatic carbocycles. The SMILES string of the molecule is CC1OC1c1ccc(O)cc1. The van der Waals surface area contributed by atoms with Crippen molar-refractivity contribution >= 4 is 0 Å². The molecule has 1 aromatic rings. The van der Waals surface area contributed by atoms with Crippen LogP contribution in [0.15, 0.2) is 24.3 Å². The van der Waals surface area contributed by atoms with E-state index in [2.05, 4.69) is 0 Å². The summed E-state index contributed by atoms with van der Waals surface area (Å²) < 4.78 is 5.26. The van der Waals surface area contributed by atoms with Crippen molar-refractivity contribution < 1.29 is 9.84 Å². The van der Waals surface area contributed by atoms with Crippen molar-refractivity contribution in [1.82, 2.24) is 0 Å². The second-order valence-electron chi connectivity index (χ2n) is 2.85. The van der Waals surface area contributed by atoms with Gasteiger partial charge in [-0.2, -0.15) is 0 Å². The first-order valence-corrected chi connectivity index (χ1v) is 3.72. The fourth-order valence-corrected chi connectivity index (χ4v) is 1.20. The number of aromatic hydroxyl groups is 1. The second kappa shape index (κ2) is 2.24. The van der Waals surface area contributed by atoms with Crippen LogP contribution in [0.5, 0.6) is 5.75 Å². The van der Waals surface area contributed by atoms with Gasteiger partial charge in [-0.05, 0) is 24.6 Å². The molecule has 2 rings (SSSR count). The zero-order valence-electron chi connectivity index (χ0n) is 6.32. The monoisotopic (exact) mass is 150 g/mol. The van der Waals surface area contributed by atoms with Crippen molar-refractivity contribution in [2.75, 3.05) is 0 Å². The Morgan fingerprint density at radius 2 is 1.82 bits per heavy atom. The van der Waals surface area contributed by atoms with E-state index < -0.39 is 0 Å². The minimum Gasteiger partial charge on any atom is -0.508 e. The number of hydrogen-bond donors (Lipinski definition) is 1. The third-order valence-corrected chi connectivity index (χ3v) is 1.93. The van der Waals surface area contributed by atoms with E-state index in [4.69, 9.17) is 9.84 Å². The molecule has 1 heterocycles. The van der Waals surface area contributed by atoms with Crippen molar-refractivity contribution in [2.24, 2.45) is 0 Å². The number of benzene rings is 1. The van der Waals surface area contributed by atoms with Gasteiger partial charge in [0.05, 0.1) is 6.10 Å². The molecule has 0 saturated carbocycles. The Labute approximate surface area is 65.4 Å². The van der Waals surface area contributed by atoms with Crippen molar-refractivity contribution in [1.29, 1.82) is 0 Å². The van der Waals surface area contributed by atoms with Crippen molar-refractivity contribution in [3.63, 3.8) is 0 Å². The molecule has 2 atom stereocenters. The Bertz CT molecular complexity index is 253. The fourth-order valence-electron chi connectivity index (χ4n) is 1.20. The van der Waals surface area contributed by atoms with Crippen LogP contribution in [0.2, 0.25) is 0 Å². The highest BCUT2D eigenvalue weighted by molar-refractivity contribution is 5.29. The van der Waals surface area contributed by atoms with E-state index in [0.717, 1.165) is 5.56 Å². The van der Waals surface area contributed by atoms with Gasteiger partial charge in [0.25, 0.3) is 0 Å². The van der Waals surface area contributed by atoms with Gasteiger partial charge < -0.3 is 9.84 Å². The topological polar surface area (TPSA) is 32.8 Å². The molecule has 1 aliphatic heterocycles. The summed E-state index contributed by atoms with van der Waals surface area (Å²) in [7, 11) is 0. The highest BCUT2D eigenvalue weighted by atomic mass is 16.6. The van der Waals surface area contributed by atoms with Gasteiger partial charge in [0.1, 0.15) is 11.9 Å². The Hall–Kier alpha value is -1.02. The van der Waals surface area contributed by atoms with Crippen LogP contribution in [0.1, 0.15) is 18.6 Å². The molecule has 2 nitrogen and oxygen atoms in total. The lowest BCUT2D eigenvalue weighted by Gasteiger charge is -1.94. The molecule has 0 amide bonds. The number of phenols is 1. The van der Waals surface area contributed by atoms with Gasteiger partial charge >= 0.3 is 0 Å². The van der Waals surface area contributed by atoms with Gasteiger partial charge in [-0.1, -0.05) is 12.1 Å². The van der Waals surface area contributed by atoms with Crippen LogP contribution in [0.4, 0.5) is 0 Å². The first kappa shape index (κ1) is 6.68. The molecule has 2 unspecified atom stereocenters. The maximum atomic E-state index is 8.98. The van der Waals surface area contributed by atoms with E-state index >= 15 is 0 Å². The second-order valence-corrected chi connectivity index (χ2v) is 2.85. The summed E-state index contributed by atoms with van der Waals surface area (Å²) in [5, 5.41) is 8.98. The maximum Gasteiger partial charge on any atom is 0.115 e. The van der Waals surface area contributed by atoms with Crippen molar-refractivity contribution in [2.45, 2.75) is 19.1 Å². The first-order valence-electron chi connectivity index (χ1n) is 3.72. The van der Waals surface area contributed by atoms with Gasteiger partial charge in [-0.15, -0.1) is 0 Å². The van der Waals surface area contributed by atoms with E-state index in [1.807, 2.05) is 19.1 Å². The lowest BCUT2D eigenvalue weighted by molar-refractivity contribution is 0.383. The molecule has 1 saturated heterocycles. The Morgan fingerprint density at radius 1 is 1.27 bits per heavy atom. The lowest BCUT2D eigenvalue weighted by Crippen LogP contribution is -1.81. The van der Waals surface area contributed by atoms with E-state index in [9.17, 15) is 0 Å². The molecule has 1 aliphatic rings. The summed E-state index contributed by atoms with van der Waals surface area (Å²) >= 11 is 0. The molecule has 58 valence electrons. The van der Waals surface area contributed by atoms with Crippen LogP contribution in [0, 0.1) is 0 Å². The largest absolute Gasteiger partial charge is 0.508 e. The summed E-state index contributed by atoms with van der Waals surface area (Å²) in [6, 6.07) is 7.15. The minimum atomic E-state index is 0.260. The molecule has 0 bridgehead atoms. The quantitative estimate of drug-likeness (QED) is 0.620. The van der Waals surface area contributed by atoms with Crippen LogP contribution in [0.25, 0.3) is 0 Å². The zero-order chi connectivity index (χ0) is 7.84. The molecule has 1 fully saturated rings. The van der Waals surface area contributed by atoms with Gasteiger partial charge in [0.2, 0.25) is 0 Å². The van der Waals surface area contributed by atoms with E-state index in [1.54, 1.807) is 12.1 Å². The zero-order valence-corrected chi connectivity index (χ0v) is 6.32. The smallest absolute Gasteiger partial charge is 0.115 e. The fraction of sp³-hybridized carbons (Fsp3) is 0.333. The number of phenolic OH excluding ortho intramolecular Hbond substituents is 1. The molecule has 1 N–H and O–H groups in total. The summed E-state index contributed by atoms with van der Waals surface area (Å²) in [5.74, 6) is 0.307. The summed E-state index contributed by atoms with van der Waals surface area (Å²) in [4.78, 5) is 0. The average molecular weight is 150 g/mol. The Kier molecular flexibility index (Phi) is 1.36. The lowest BCUT2D eigenvalue weighted by atomic mass is 10.1. The van der Waals surface area contributed by atoms with E-state index in [1.165, 1.54) is 0 Å².